The first-order valence-corrected chi connectivity index (χ1v) is 6.35. The molecule has 21 heavy (non-hydrogen) atoms. The molecular formula is C16H15N3O2. The zero-order valence-corrected chi connectivity index (χ0v) is 12.1. The van der Waals surface area contributed by atoms with Crippen LogP contribution in [0.4, 0.5) is 0 Å². The number of aromatic hydroxyl groups is 1. The number of phenols is 1. The molecule has 0 aliphatic heterocycles. The quantitative estimate of drug-likeness (QED) is 0.875. The third-order valence-electron chi connectivity index (χ3n) is 2.86. The van der Waals surface area contributed by atoms with E-state index in [1.165, 1.54) is 13.2 Å². The zero-order valence-electron chi connectivity index (χ0n) is 12.1. The van der Waals surface area contributed by atoms with Gasteiger partial charge in [-0.15, -0.1) is 0 Å². The number of ether oxygens (including phenoxy) is 1. The summed E-state index contributed by atoms with van der Waals surface area (Å²) >= 11 is 0. The largest absolute Gasteiger partial charge is 0.504 e. The van der Waals surface area contributed by atoms with Crippen molar-refractivity contribution in [3.63, 3.8) is 0 Å². The Morgan fingerprint density at radius 1 is 1.24 bits per heavy atom. The van der Waals surface area contributed by atoms with E-state index >= 15 is 0 Å². The standard InChI is InChI=1S/C16H15N3O2/c1-10-6-11(2)19-16(18-10)13(9-17)7-12-4-5-15(21-3)14(20)8-12/h4-8,20H,1-3H3. The Hall–Kier alpha value is -2.87. The third kappa shape index (κ3) is 3.37. The molecule has 0 saturated carbocycles. The topological polar surface area (TPSA) is 79.0 Å². The first kappa shape index (κ1) is 14.5. The molecule has 1 aromatic heterocycles. The van der Waals surface area contributed by atoms with Crippen molar-refractivity contribution in [2.24, 2.45) is 0 Å². The second kappa shape index (κ2) is 6.06. The fraction of sp³-hybridized carbons (Fsp3) is 0.188. The van der Waals surface area contributed by atoms with E-state index in [1.54, 1.807) is 18.2 Å². The van der Waals surface area contributed by atoms with E-state index in [0.29, 0.717) is 22.7 Å². The first-order chi connectivity index (χ1) is 10.0. The molecule has 0 aliphatic rings. The van der Waals surface area contributed by atoms with E-state index in [0.717, 1.165) is 11.4 Å². The molecule has 0 unspecified atom stereocenters. The number of hydrogen-bond acceptors (Lipinski definition) is 5. The van der Waals surface area contributed by atoms with Crippen LogP contribution in [-0.2, 0) is 0 Å². The van der Waals surface area contributed by atoms with E-state index in [2.05, 4.69) is 16.0 Å². The number of nitrogens with zero attached hydrogens (tertiary/aromatic N) is 3. The molecular weight excluding hydrogens is 266 g/mol. The highest BCUT2D eigenvalue weighted by Gasteiger charge is 2.08. The van der Waals surface area contributed by atoms with Gasteiger partial charge in [0.25, 0.3) is 0 Å². The summed E-state index contributed by atoms with van der Waals surface area (Å²) in [5, 5.41) is 19.1. The van der Waals surface area contributed by atoms with Crippen LogP contribution in [-0.4, -0.2) is 22.2 Å². The predicted molar refractivity (Wildman–Crippen MR) is 79.6 cm³/mol. The normalized spacial score (nSPS) is 11.0. The van der Waals surface area contributed by atoms with Crippen LogP contribution in [0.3, 0.4) is 0 Å². The van der Waals surface area contributed by atoms with Gasteiger partial charge in [-0.25, -0.2) is 9.97 Å². The lowest BCUT2D eigenvalue weighted by Crippen LogP contribution is -1.97. The second-order valence-corrected chi connectivity index (χ2v) is 4.58. The molecule has 0 radical (unpaired) electrons. The number of hydrogen-bond donors (Lipinski definition) is 1. The van der Waals surface area contributed by atoms with Crippen LogP contribution in [0.25, 0.3) is 11.6 Å². The molecule has 0 atom stereocenters. The summed E-state index contributed by atoms with van der Waals surface area (Å²) in [6.45, 7) is 3.71. The molecule has 0 saturated heterocycles. The Morgan fingerprint density at radius 2 is 1.90 bits per heavy atom. The van der Waals surface area contributed by atoms with Crippen LogP contribution in [0, 0.1) is 25.2 Å². The predicted octanol–water partition coefficient (Wildman–Crippen LogP) is 2.87. The molecule has 0 aliphatic carbocycles. The second-order valence-electron chi connectivity index (χ2n) is 4.58. The molecule has 5 heteroatoms. The van der Waals surface area contributed by atoms with Crippen LogP contribution < -0.4 is 4.74 Å². The monoisotopic (exact) mass is 281 g/mol. The Kier molecular flexibility index (Phi) is 4.19. The average Bonchev–Trinajstić information content (AvgIpc) is 2.43. The Balaban J connectivity index is 2.46. The van der Waals surface area contributed by atoms with Crippen molar-refractivity contribution in [3.05, 3.63) is 47.0 Å². The molecule has 106 valence electrons. The van der Waals surface area contributed by atoms with Crippen LogP contribution in [0.1, 0.15) is 22.8 Å². The number of phenolic OH excluding ortho intramolecular Hbond substituents is 1. The molecule has 2 rings (SSSR count). The lowest BCUT2D eigenvalue weighted by Gasteiger charge is -2.05. The Morgan fingerprint density at radius 3 is 2.43 bits per heavy atom. The van der Waals surface area contributed by atoms with E-state index in [9.17, 15) is 10.4 Å². The van der Waals surface area contributed by atoms with Crippen molar-refractivity contribution in [2.45, 2.75) is 13.8 Å². The lowest BCUT2D eigenvalue weighted by atomic mass is 10.1. The molecule has 1 heterocycles. The van der Waals surface area contributed by atoms with Gasteiger partial charge in [0.05, 0.1) is 12.7 Å². The fourth-order valence-electron chi connectivity index (χ4n) is 1.96. The van der Waals surface area contributed by atoms with Gasteiger partial charge in [-0.2, -0.15) is 5.26 Å². The third-order valence-corrected chi connectivity index (χ3v) is 2.86. The van der Waals surface area contributed by atoms with Crippen molar-refractivity contribution in [1.82, 2.24) is 9.97 Å². The highest BCUT2D eigenvalue weighted by atomic mass is 16.5. The number of methoxy groups -OCH3 is 1. The molecule has 0 bridgehead atoms. The van der Waals surface area contributed by atoms with Gasteiger partial charge in [0.2, 0.25) is 0 Å². The average molecular weight is 281 g/mol. The van der Waals surface area contributed by atoms with Gasteiger partial charge in [0, 0.05) is 11.4 Å². The zero-order chi connectivity index (χ0) is 15.4. The molecule has 0 fully saturated rings. The summed E-state index contributed by atoms with van der Waals surface area (Å²) in [6.07, 6.45) is 1.63. The highest BCUT2D eigenvalue weighted by Crippen LogP contribution is 2.27. The first-order valence-electron chi connectivity index (χ1n) is 6.35. The maximum absolute atomic E-state index is 9.77. The smallest absolute Gasteiger partial charge is 0.170 e. The van der Waals surface area contributed by atoms with E-state index in [4.69, 9.17) is 4.74 Å². The van der Waals surface area contributed by atoms with Crippen molar-refractivity contribution < 1.29 is 9.84 Å². The number of aromatic nitrogens is 2. The maximum Gasteiger partial charge on any atom is 0.170 e. The van der Waals surface area contributed by atoms with Gasteiger partial charge in [-0.3, -0.25) is 0 Å². The van der Waals surface area contributed by atoms with Crippen LogP contribution in [0.2, 0.25) is 0 Å². The van der Waals surface area contributed by atoms with Crippen LogP contribution in [0.15, 0.2) is 24.3 Å². The minimum Gasteiger partial charge on any atom is -0.504 e. The SMILES string of the molecule is COc1ccc(C=C(C#N)c2nc(C)cc(C)n2)cc1O. The summed E-state index contributed by atoms with van der Waals surface area (Å²) in [7, 11) is 1.48. The van der Waals surface area contributed by atoms with Crippen LogP contribution in [0.5, 0.6) is 11.5 Å². The molecule has 1 N–H and O–H groups in total. The summed E-state index contributed by atoms with van der Waals surface area (Å²) in [5.41, 5.74) is 2.62. The van der Waals surface area contributed by atoms with Gasteiger partial charge in [0.15, 0.2) is 17.3 Å². The summed E-state index contributed by atoms with van der Waals surface area (Å²) < 4.78 is 4.99. The van der Waals surface area contributed by atoms with Crippen molar-refractivity contribution in [2.75, 3.05) is 7.11 Å². The summed E-state index contributed by atoms with van der Waals surface area (Å²) in [5.74, 6) is 0.781. The van der Waals surface area contributed by atoms with Gasteiger partial charge in [-0.05, 0) is 43.7 Å². The molecule has 0 spiro atoms. The van der Waals surface area contributed by atoms with Crippen molar-refractivity contribution in [1.29, 1.82) is 5.26 Å². The minimum absolute atomic E-state index is 0.0184. The maximum atomic E-state index is 9.77. The van der Waals surface area contributed by atoms with Gasteiger partial charge < -0.3 is 9.84 Å². The summed E-state index contributed by atoms with van der Waals surface area (Å²) in [6, 6.07) is 8.85. The number of benzene rings is 1. The highest BCUT2D eigenvalue weighted by molar-refractivity contribution is 5.87. The Labute approximate surface area is 123 Å². The van der Waals surface area contributed by atoms with Gasteiger partial charge in [0.1, 0.15) is 6.07 Å². The van der Waals surface area contributed by atoms with Gasteiger partial charge in [-0.1, -0.05) is 6.07 Å². The van der Waals surface area contributed by atoms with E-state index in [-0.39, 0.29) is 5.75 Å². The van der Waals surface area contributed by atoms with Gasteiger partial charge >= 0.3 is 0 Å². The fourth-order valence-corrected chi connectivity index (χ4v) is 1.96. The Bertz CT molecular complexity index is 725. The van der Waals surface area contributed by atoms with E-state index in [1.807, 2.05) is 19.9 Å². The number of allylic oxidation sites excluding steroid dienone is 1. The van der Waals surface area contributed by atoms with Crippen molar-refractivity contribution >= 4 is 11.6 Å². The molecule has 2 aromatic rings. The van der Waals surface area contributed by atoms with Crippen molar-refractivity contribution in [3.8, 4) is 17.6 Å². The lowest BCUT2D eigenvalue weighted by molar-refractivity contribution is 0.373. The molecule has 0 amide bonds. The number of aryl methyl sites for hydroxylation is 2. The molecule has 5 nitrogen and oxygen atoms in total. The number of nitriles is 1. The summed E-state index contributed by atoms with van der Waals surface area (Å²) in [4.78, 5) is 8.54. The molecule has 1 aromatic carbocycles. The van der Waals surface area contributed by atoms with E-state index < -0.39 is 0 Å². The minimum atomic E-state index is 0.0184. The van der Waals surface area contributed by atoms with Crippen LogP contribution >= 0.6 is 0 Å². The number of rotatable bonds is 3.